The van der Waals surface area contributed by atoms with Crippen LogP contribution in [0.4, 0.5) is 11.4 Å². The molecule has 1 saturated heterocycles. The number of nitrogens with one attached hydrogen (secondary N) is 2. The van der Waals surface area contributed by atoms with Gasteiger partial charge in [-0.25, -0.2) is 8.42 Å². The van der Waals surface area contributed by atoms with Crippen LogP contribution in [0.25, 0.3) is 5.69 Å². The van der Waals surface area contributed by atoms with Crippen LogP contribution in [0, 0.1) is 13.8 Å². The number of sulfonamides is 1. The summed E-state index contributed by atoms with van der Waals surface area (Å²) in [6.07, 6.45) is 2.92. The molecule has 2 aromatic carbocycles. The highest BCUT2D eigenvalue weighted by Gasteiger charge is 2.42. The molecule has 10 heteroatoms. The Labute approximate surface area is 228 Å². The topological polar surface area (TPSA) is 88.5 Å². The molecule has 2 aromatic heterocycles. The number of aryl methyl sites for hydroxylation is 1. The molecule has 5 rings (SSSR count). The van der Waals surface area contributed by atoms with Crippen LogP contribution in [0.1, 0.15) is 34.7 Å². The summed E-state index contributed by atoms with van der Waals surface area (Å²) in [5.41, 5.74) is 6.55. The number of thiocarbonyl (C=S) groups is 1. The van der Waals surface area contributed by atoms with E-state index in [2.05, 4.69) is 44.4 Å². The summed E-state index contributed by atoms with van der Waals surface area (Å²) < 4.78 is 33.5. The van der Waals surface area contributed by atoms with Gasteiger partial charge in [0.15, 0.2) is 5.11 Å². The van der Waals surface area contributed by atoms with Crippen LogP contribution in [0.5, 0.6) is 5.75 Å². The first-order valence-electron chi connectivity index (χ1n) is 12.1. The number of anilines is 2. The first-order chi connectivity index (χ1) is 18.2. The molecule has 196 valence electrons. The highest BCUT2D eigenvalue weighted by Crippen LogP contribution is 2.44. The average Bonchev–Trinajstić information content (AvgIpc) is 3.39. The third-order valence-electron chi connectivity index (χ3n) is 6.67. The first-order valence-corrected chi connectivity index (χ1v) is 14.4. The molecule has 1 aliphatic heterocycles. The molecule has 0 bridgehead atoms. The zero-order chi connectivity index (χ0) is 27.0. The molecule has 8 nitrogen and oxygen atoms in total. The second-order valence-electron chi connectivity index (χ2n) is 9.28. The molecule has 0 saturated carbocycles. The fourth-order valence-corrected chi connectivity index (χ4v) is 5.98. The summed E-state index contributed by atoms with van der Waals surface area (Å²) in [5, 5.41) is 4.06. The van der Waals surface area contributed by atoms with Gasteiger partial charge in [-0.05, 0) is 98.4 Å². The van der Waals surface area contributed by atoms with Crippen molar-refractivity contribution in [1.82, 2.24) is 14.9 Å². The van der Waals surface area contributed by atoms with Gasteiger partial charge in [0.1, 0.15) is 5.75 Å². The number of benzene rings is 2. The van der Waals surface area contributed by atoms with Crippen molar-refractivity contribution in [2.75, 3.05) is 23.0 Å². The molecule has 1 aliphatic rings. The van der Waals surface area contributed by atoms with Crippen LogP contribution in [-0.2, 0) is 10.0 Å². The first kappa shape index (κ1) is 25.7. The van der Waals surface area contributed by atoms with E-state index in [1.165, 1.54) is 0 Å². The molecule has 1 fully saturated rings. The zero-order valence-electron chi connectivity index (χ0n) is 21.5. The molecule has 3 heterocycles. The summed E-state index contributed by atoms with van der Waals surface area (Å²) in [6, 6.07) is 22.9. The molecule has 0 spiro atoms. The lowest BCUT2D eigenvalue weighted by molar-refractivity contribution is 0.414. The second-order valence-corrected chi connectivity index (χ2v) is 11.4. The summed E-state index contributed by atoms with van der Waals surface area (Å²) >= 11 is 5.86. The molecule has 4 aromatic rings. The van der Waals surface area contributed by atoms with Crippen molar-refractivity contribution >= 4 is 38.7 Å². The van der Waals surface area contributed by atoms with Gasteiger partial charge in [0, 0.05) is 34.6 Å². The number of methoxy groups -OCH3 is 1. The number of rotatable bonds is 7. The van der Waals surface area contributed by atoms with E-state index >= 15 is 0 Å². The summed E-state index contributed by atoms with van der Waals surface area (Å²) in [6.45, 7) is 4.20. The molecule has 2 N–H and O–H groups in total. The van der Waals surface area contributed by atoms with Crippen molar-refractivity contribution in [1.29, 1.82) is 0 Å². The molecule has 2 unspecified atom stereocenters. The third kappa shape index (κ3) is 4.97. The normalized spacial score (nSPS) is 17.4. The highest BCUT2D eigenvalue weighted by molar-refractivity contribution is 7.92. The monoisotopic (exact) mass is 547 g/mol. The van der Waals surface area contributed by atoms with E-state index in [1.54, 1.807) is 25.4 Å². The molecule has 0 radical (unpaired) electrons. The Bertz CT molecular complexity index is 1570. The van der Waals surface area contributed by atoms with Gasteiger partial charge in [0.2, 0.25) is 10.0 Å². The van der Waals surface area contributed by atoms with Gasteiger partial charge in [0.05, 0.1) is 31.1 Å². The van der Waals surface area contributed by atoms with Crippen molar-refractivity contribution < 1.29 is 13.2 Å². The quantitative estimate of drug-likeness (QED) is 0.313. The smallest absolute Gasteiger partial charge is 0.229 e. The van der Waals surface area contributed by atoms with Crippen molar-refractivity contribution in [3.8, 4) is 11.4 Å². The molecular weight excluding hydrogens is 518 g/mol. The maximum atomic E-state index is 11.7. The Kier molecular flexibility index (Phi) is 6.85. The van der Waals surface area contributed by atoms with Crippen molar-refractivity contribution in [3.63, 3.8) is 0 Å². The van der Waals surface area contributed by atoms with Crippen molar-refractivity contribution in [3.05, 3.63) is 102 Å². The van der Waals surface area contributed by atoms with Crippen molar-refractivity contribution in [2.45, 2.75) is 25.9 Å². The van der Waals surface area contributed by atoms with Crippen LogP contribution in [-0.4, -0.2) is 36.4 Å². The number of nitrogens with zero attached hydrogens (tertiary/aromatic N) is 3. The Hall–Kier alpha value is -3.89. The van der Waals surface area contributed by atoms with Gasteiger partial charge in [-0.3, -0.25) is 9.71 Å². The second kappa shape index (κ2) is 10.1. The van der Waals surface area contributed by atoms with E-state index in [1.807, 2.05) is 54.6 Å². The number of hydrogen-bond acceptors (Lipinski definition) is 5. The largest absolute Gasteiger partial charge is 0.497 e. The lowest BCUT2D eigenvalue weighted by Gasteiger charge is -2.28. The van der Waals surface area contributed by atoms with E-state index in [-0.39, 0.29) is 12.1 Å². The van der Waals surface area contributed by atoms with E-state index in [0.29, 0.717) is 10.8 Å². The Morgan fingerprint density at radius 2 is 1.68 bits per heavy atom. The lowest BCUT2D eigenvalue weighted by atomic mass is 9.96. The van der Waals surface area contributed by atoms with Gasteiger partial charge >= 0.3 is 0 Å². The van der Waals surface area contributed by atoms with Crippen LogP contribution in [0.2, 0.25) is 0 Å². The molecule has 2 atom stereocenters. The van der Waals surface area contributed by atoms with Crippen LogP contribution in [0.15, 0.2) is 79.0 Å². The predicted molar refractivity (Wildman–Crippen MR) is 155 cm³/mol. The average molecular weight is 548 g/mol. The van der Waals surface area contributed by atoms with Crippen LogP contribution in [0.3, 0.4) is 0 Å². The van der Waals surface area contributed by atoms with E-state index in [0.717, 1.165) is 46.0 Å². The number of hydrogen-bond donors (Lipinski definition) is 2. The molecule has 38 heavy (non-hydrogen) atoms. The highest BCUT2D eigenvalue weighted by atomic mass is 32.2. The van der Waals surface area contributed by atoms with Gasteiger partial charge < -0.3 is 19.5 Å². The minimum Gasteiger partial charge on any atom is -0.497 e. The van der Waals surface area contributed by atoms with E-state index < -0.39 is 10.0 Å². The lowest BCUT2D eigenvalue weighted by Crippen LogP contribution is -2.29. The molecular formula is C28H29N5O3S2. The van der Waals surface area contributed by atoms with E-state index in [9.17, 15) is 8.42 Å². The standard InChI is InChI=1S/C28H29N5O3S2/c1-18-17-24(19(2)32(18)21-12-14-23(36-3)15-13-21)27-26(25-7-5-6-16-29-25)30-28(37)33(27)22-10-8-20(9-11-22)31-38(4,34)35/h5-17,26-27,31H,1-4H3,(H,30,37). The number of aromatic nitrogens is 2. The Morgan fingerprint density at radius 1 is 1.00 bits per heavy atom. The minimum atomic E-state index is -3.38. The van der Waals surface area contributed by atoms with Gasteiger partial charge in [-0.2, -0.15) is 0 Å². The molecule has 0 amide bonds. The van der Waals surface area contributed by atoms with Crippen molar-refractivity contribution in [2.24, 2.45) is 0 Å². The van der Waals surface area contributed by atoms with Gasteiger partial charge in [-0.1, -0.05) is 6.07 Å². The number of ether oxygens (including phenoxy) is 1. The SMILES string of the molecule is COc1ccc(-n2c(C)cc(C3C(c4ccccn4)NC(=S)N3c3ccc(NS(C)(=O)=O)cc3)c2C)cc1. The van der Waals surface area contributed by atoms with Gasteiger partial charge in [0.25, 0.3) is 0 Å². The molecule has 0 aliphatic carbocycles. The summed E-state index contributed by atoms with van der Waals surface area (Å²) in [7, 11) is -1.72. The van der Waals surface area contributed by atoms with E-state index in [4.69, 9.17) is 17.0 Å². The fraction of sp³-hybridized carbons (Fsp3) is 0.214. The maximum absolute atomic E-state index is 11.7. The third-order valence-corrected chi connectivity index (χ3v) is 7.59. The van der Waals surface area contributed by atoms with Crippen LogP contribution >= 0.6 is 12.2 Å². The Balaban J connectivity index is 1.61. The summed E-state index contributed by atoms with van der Waals surface area (Å²) in [5.74, 6) is 0.803. The predicted octanol–water partition coefficient (Wildman–Crippen LogP) is 5.05. The maximum Gasteiger partial charge on any atom is 0.229 e. The van der Waals surface area contributed by atoms with Gasteiger partial charge in [-0.15, -0.1) is 0 Å². The van der Waals surface area contributed by atoms with Crippen LogP contribution < -0.4 is 19.7 Å². The fourth-order valence-electron chi connectivity index (χ4n) is 5.07. The number of pyridine rings is 1. The minimum absolute atomic E-state index is 0.190. The Morgan fingerprint density at radius 3 is 2.29 bits per heavy atom. The zero-order valence-corrected chi connectivity index (χ0v) is 23.2. The summed E-state index contributed by atoms with van der Waals surface area (Å²) in [4.78, 5) is 6.73.